The van der Waals surface area contributed by atoms with Gasteiger partial charge in [-0.2, -0.15) is 0 Å². The van der Waals surface area contributed by atoms with Gasteiger partial charge < -0.3 is 69.7 Å². The van der Waals surface area contributed by atoms with E-state index in [1.54, 1.807) is 0 Å². The van der Waals surface area contributed by atoms with Crippen molar-refractivity contribution in [1.29, 1.82) is 0 Å². The molecule has 0 rings (SSSR count). The molecule has 0 fully saturated rings. The highest BCUT2D eigenvalue weighted by atomic mass is 16.6. The molecular formula is C32H69N3O12. The number of aliphatic hydroxyl groups excluding tert-OH is 6. The van der Waals surface area contributed by atoms with Crippen LogP contribution in [0, 0.1) is 0 Å². The molecule has 0 aromatic rings. The van der Waals surface area contributed by atoms with Crippen LogP contribution >= 0.6 is 0 Å². The molecule has 8 N–H and O–H groups in total. The highest BCUT2D eigenvalue weighted by Gasteiger charge is 2.18. The Labute approximate surface area is 282 Å². The van der Waals surface area contributed by atoms with Gasteiger partial charge in [0.25, 0.3) is 0 Å². The Morgan fingerprint density at radius 1 is 0.532 bits per heavy atom. The number of hydrogen-bond donors (Lipinski definition) is 8. The predicted molar refractivity (Wildman–Crippen MR) is 179 cm³/mol. The Balaban J connectivity index is 4.22. The highest BCUT2D eigenvalue weighted by Crippen LogP contribution is 2.05. The summed E-state index contributed by atoms with van der Waals surface area (Å²) >= 11 is 0. The average molecular weight is 688 g/mol. The van der Waals surface area contributed by atoms with Crippen molar-refractivity contribution in [2.75, 3.05) is 112 Å². The molecule has 8 atom stereocenters. The molecule has 0 radical (unpaired) electrons. The van der Waals surface area contributed by atoms with E-state index in [0.717, 1.165) is 19.4 Å². The Kier molecular flexibility index (Phi) is 31.0. The minimum atomic E-state index is -0.736. The van der Waals surface area contributed by atoms with E-state index in [-0.39, 0.29) is 64.1 Å². The van der Waals surface area contributed by atoms with Gasteiger partial charge in [0, 0.05) is 39.3 Å². The van der Waals surface area contributed by atoms with E-state index in [2.05, 4.69) is 17.6 Å². The monoisotopic (exact) mass is 687 g/mol. The number of nitrogens with one attached hydrogen (secondary N) is 2. The number of unbranched alkanes of at least 4 members (excludes halogenated alkanes) is 1. The van der Waals surface area contributed by atoms with Crippen molar-refractivity contribution in [3.05, 3.63) is 0 Å². The molecule has 0 aliphatic rings. The van der Waals surface area contributed by atoms with E-state index in [9.17, 15) is 20.4 Å². The van der Waals surface area contributed by atoms with Crippen molar-refractivity contribution in [3.8, 4) is 0 Å². The summed E-state index contributed by atoms with van der Waals surface area (Å²) in [6, 6.07) is 0. The third kappa shape index (κ3) is 30.0. The zero-order valence-electron chi connectivity index (χ0n) is 29.6. The lowest BCUT2D eigenvalue weighted by atomic mass is 10.2. The van der Waals surface area contributed by atoms with Crippen molar-refractivity contribution in [3.63, 3.8) is 0 Å². The van der Waals surface area contributed by atoms with Crippen LogP contribution in [0.1, 0.15) is 47.5 Å². The normalized spacial score (nSPS) is 17.4. The molecule has 15 heteroatoms. The summed E-state index contributed by atoms with van der Waals surface area (Å²) < 4.78 is 34.1. The van der Waals surface area contributed by atoms with Gasteiger partial charge in [0.2, 0.25) is 0 Å². The van der Waals surface area contributed by atoms with Gasteiger partial charge in [0.15, 0.2) is 0 Å². The lowest BCUT2D eigenvalue weighted by Gasteiger charge is -2.28. The minimum absolute atomic E-state index is 0.0152. The topological polar surface area (TPSA) is 204 Å². The van der Waals surface area contributed by atoms with Gasteiger partial charge in [0.05, 0.1) is 115 Å². The summed E-state index contributed by atoms with van der Waals surface area (Å²) in [7, 11) is 0. The van der Waals surface area contributed by atoms with Gasteiger partial charge in [0.1, 0.15) is 0 Å². The zero-order valence-corrected chi connectivity index (χ0v) is 29.6. The summed E-state index contributed by atoms with van der Waals surface area (Å²) in [6.45, 7) is 14.5. The molecular weight excluding hydrogens is 618 g/mol. The summed E-state index contributed by atoms with van der Waals surface area (Å²) in [5.41, 5.74) is 0. The van der Waals surface area contributed by atoms with Crippen molar-refractivity contribution < 1.29 is 59.1 Å². The highest BCUT2D eigenvalue weighted by molar-refractivity contribution is 4.70. The van der Waals surface area contributed by atoms with Crippen LogP contribution in [0.15, 0.2) is 0 Å². The van der Waals surface area contributed by atoms with Crippen LogP contribution in [0.25, 0.3) is 0 Å². The molecule has 0 spiro atoms. The molecule has 0 aromatic carbocycles. The Bertz CT molecular complexity index is 675. The molecule has 0 aliphatic heterocycles. The molecule has 0 amide bonds. The molecule has 0 bridgehead atoms. The average Bonchev–Trinajstić information content (AvgIpc) is 3.03. The number of rotatable bonds is 35. The van der Waals surface area contributed by atoms with E-state index >= 15 is 0 Å². The summed E-state index contributed by atoms with van der Waals surface area (Å²) in [5.74, 6) is 0. The summed E-state index contributed by atoms with van der Waals surface area (Å²) in [4.78, 5) is 2.02. The largest absolute Gasteiger partial charge is 0.395 e. The predicted octanol–water partition coefficient (Wildman–Crippen LogP) is -1.65. The molecule has 0 heterocycles. The van der Waals surface area contributed by atoms with Crippen molar-refractivity contribution in [1.82, 2.24) is 15.5 Å². The number of ether oxygens (including phenoxy) is 6. The van der Waals surface area contributed by atoms with Gasteiger partial charge in [-0.05, 0) is 40.7 Å². The van der Waals surface area contributed by atoms with E-state index in [1.807, 2.05) is 32.6 Å². The fourth-order valence-corrected chi connectivity index (χ4v) is 4.24. The molecule has 0 aromatic heterocycles. The molecule has 0 aliphatic carbocycles. The Morgan fingerprint density at radius 2 is 0.915 bits per heavy atom. The maximum absolute atomic E-state index is 10.6. The van der Waals surface area contributed by atoms with Crippen LogP contribution in [0.3, 0.4) is 0 Å². The minimum Gasteiger partial charge on any atom is -0.395 e. The van der Waals surface area contributed by atoms with Crippen molar-refractivity contribution in [2.24, 2.45) is 0 Å². The SMILES string of the molecule is CCCCN(CC(O)COCC(C)OCC(C)OCC(O)CNCCO)CC(O)COC(C)COC(C)COCC(O)CNCCO. The van der Waals surface area contributed by atoms with Crippen LogP contribution in [-0.2, 0) is 28.4 Å². The van der Waals surface area contributed by atoms with Gasteiger partial charge in [-0.15, -0.1) is 0 Å². The fourth-order valence-electron chi connectivity index (χ4n) is 4.24. The first-order valence-electron chi connectivity index (χ1n) is 17.2. The summed E-state index contributed by atoms with van der Waals surface area (Å²) in [5, 5.41) is 64.3. The molecule has 0 saturated heterocycles. The van der Waals surface area contributed by atoms with E-state index in [4.69, 9.17) is 38.6 Å². The molecule has 47 heavy (non-hydrogen) atoms. The van der Waals surface area contributed by atoms with Crippen LogP contribution in [0.5, 0.6) is 0 Å². The third-order valence-electron chi connectivity index (χ3n) is 6.81. The van der Waals surface area contributed by atoms with Crippen LogP contribution in [-0.4, -0.2) is 196 Å². The second kappa shape index (κ2) is 31.4. The third-order valence-corrected chi connectivity index (χ3v) is 6.81. The van der Waals surface area contributed by atoms with E-state index in [0.29, 0.717) is 65.7 Å². The van der Waals surface area contributed by atoms with Crippen LogP contribution in [0.4, 0.5) is 0 Å². The molecule has 0 saturated carbocycles. The Hall–Kier alpha value is -0.600. The first-order valence-corrected chi connectivity index (χ1v) is 17.2. The first-order chi connectivity index (χ1) is 22.5. The van der Waals surface area contributed by atoms with E-state index in [1.165, 1.54) is 0 Å². The van der Waals surface area contributed by atoms with Crippen LogP contribution in [0.2, 0.25) is 0 Å². The first kappa shape index (κ1) is 46.4. The second-order valence-electron chi connectivity index (χ2n) is 12.2. The van der Waals surface area contributed by atoms with Gasteiger partial charge in [-0.3, -0.25) is 4.90 Å². The molecule has 15 nitrogen and oxygen atoms in total. The fraction of sp³-hybridized carbons (Fsp3) is 1.00. The summed E-state index contributed by atoms with van der Waals surface area (Å²) in [6.07, 6.45) is -1.73. The number of nitrogens with zero attached hydrogens (tertiary/aromatic N) is 1. The maximum atomic E-state index is 10.6. The maximum Gasteiger partial charge on any atom is 0.0900 e. The second-order valence-corrected chi connectivity index (χ2v) is 12.2. The van der Waals surface area contributed by atoms with Gasteiger partial charge in [-0.1, -0.05) is 13.3 Å². The van der Waals surface area contributed by atoms with Crippen molar-refractivity contribution in [2.45, 2.75) is 96.3 Å². The lowest BCUT2D eigenvalue weighted by molar-refractivity contribution is -0.0842. The standard InChI is InChI=1S/C32H69N3O12/c1-6-7-10-35(15-31(40)22-43-18-26(3)44-19-27(4)46-23-30(39)14-34-9-12-37)16-32(41)24-47-28(5)20-45-25(2)17-42-21-29(38)13-33-8-11-36/h25-34,36-41H,6-24H2,1-5H3. The van der Waals surface area contributed by atoms with Gasteiger partial charge >= 0.3 is 0 Å². The zero-order chi connectivity index (χ0) is 35.3. The molecule has 284 valence electrons. The van der Waals surface area contributed by atoms with Crippen LogP contribution < -0.4 is 10.6 Å². The van der Waals surface area contributed by atoms with Crippen molar-refractivity contribution >= 4 is 0 Å². The number of hydrogen-bond acceptors (Lipinski definition) is 15. The molecule has 8 unspecified atom stereocenters. The van der Waals surface area contributed by atoms with Gasteiger partial charge in [-0.25, -0.2) is 0 Å². The lowest BCUT2D eigenvalue weighted by Crippen LogP contribution is -2.42. The smallest absolute Gasteiger partial charge is 0.0900 e. The quantitative estimate of drug-likeness (QED) is 0.0352. The van der Waals surface area contributed by atoms with E-state index < -0.39 is 24.4 Å². The number of aliphatic hydroxyl groups is 6. The Morgan fingerprint density at radius 3 is 1.38 bits per heavy atom.